The SMILES string of the molecule is CC/C=C/C[C@H](O)/C=C\[C@H]1[C@H](O)CC(=O)[C@@H]1CCCCCCC(=O)O. The second-order valence-electron chi connectivity index (χ2n) is 6.84. The predicted octanol–water partition coefficient (Wildman–Crippen LogP) is 3.25. The summed E-state index contributed by atoms with van der Waals surface area (Å²) in [6, 6.07) is 0. The van der Waals surface area contributed by atoms with Gasteiger partial charge in [0.2, 0.25) is 0 Å². The normalized spacial score (nSPS) is 25.2. The van der Waals surface area contributed by atoms with E-state index in [0.717, 1.165) is 25.7 Å². The molecule has 1 aliphatic carbocycles. The second-order valence-corrected chi connectivity index (χ2v) is 6.84. The molecule has 0 aromatic heterocycles. The number of ketones is 1. The number of aliphatic carboxylic acids is 1. The fraction of sp³-hybridized carbons (Fsp3) is 0.700. The van der Waals surface area contributed by atoms with Gasteiger partial charge in [-0.3, -0.25) is 9.59 Å². The van der Waals surface area contributed by atoms with Crippen molar-refractivity contribution in [3.63, 3.8) is 0 Å². The first-order valence-corrected chi connectivity index (χ1v) is 9.39. The van der Waals surface area contributed by atoms with Crippen LogP contribution < -0.4 is 0 Å². The minimum Gasteiger partial charge on any atom is -0.481 e. The Labute approximate surface area is 150 Å². The Kier molecular flexibility index (Phi) is 10.3. The van der Waals surface area contributed by atoms with E-state index >= 15 is 0 Å². The van der Waals surface area contributed by atoms with Crippen LogP contribution in [0.25, 0.3) is 0 Å². The first-order valence-electron chi connectivity index (χ1n) is 9.39. The molecule has 0 bridgehead atoms. The molecule has 1 aliphatic rings. The van der Waals surface area contributed by atoms with Gasteiger partial charge < -0.3 is 15.3 Å². The van der Waals surface area contributed by atoms with Crippen LogP contribution in [0.2, 0.25) is 0 Å². The first-order chi connectivity index (χ1) is 12.0. The topological polar surface area (TPSA) is 94.8 Å². The van der Waals surface area contributed by atoms with Crippen LogP contribution in [0.1, 0.15) is 64.7 Å². The lowest BCUT2D eigenvalue weighted by Gasteiger charge is -2.18. The number of hydrogen-bond acceptors (Lipinski definition) is 4. The molecule has 25 heavy (non-hydrogen) atoms. The standard InChI is InChI=1S/C20H32O5/c1-2-3-6-9-15(21)12-13-17-16(18(22)14-19(17)23)10-7-4-5-8-11-20(24)25/h3,6,12-13,15-17,19,21,23H,2,4-5,7-11,14H2,1H3,(H,24,25)/b6-3+,13-12-/t15-,16+,17+,19+/m0/s1. The molecule has 0 radical (unpaired) electrons. The highest BCUT2D eigenvalue weighted by atomic mass is 16.4. The van der Waals surface area contributed by atoms with Gasteiger partial charge in [0.05, 0.1) is 12.2 Å². The number of carboxylic acid groups (broad SMARTS) is 1. The highest BCUT2D eigenvalue weighted by molar-refractivity contribution is 5.84. The van der Waals surface area contributed by atoms with Crippen LogP contribution in [0, 0.1) is 11.8 Å². The van der Waals surface area contributed by atoms with E-state index in [2.05, 4.69) is 0 Å². The number of carbonyl (C=O) groups is 2. The van der Waals surface area contributed by atoms with Crippen LogP contribution in [0.15, 0.2) is 24.3 Å². The van der Waals surface area contributed by atoms with E-state index in [1.54, 1.807) is 12.2 Å². The van der Waals surface area contributed by atoms with Gasteiger partial charge in [-0.05, 0) is 25.7 Å². The van der Waals surface area contributed by atoms with Crippen molar-refractivity contribution < 1.29 is 24.9 Å². The molecular formula is C20H32O5. The van der Waals surface area contributed by atoms with E-state index in [-0.39, 0.29) is 30.5 Å². The van der Waals surface area contributed by atoms with E-state index in [9.17, 15) is 19.8 Å². The van der Waals surface area contributed by atoms with E-state index in [1.807, 2.05) is 19.1 Å². The number of aliphatic hydroxyl groups is 2. The maximum absolute atomic E-state index is 12.1. The van der Waals surface area contributed by atoms with Crippen molar-refractivity contribution in [2.75, 3.05) is 0 Å². The zero-order valence-electron chi connectivity index (χ0n) is 15.1. The fourth-order valence-corrected chi connectivity index (χ4v) is 3.32. The Bertz CT molecular complexity index is 469. The summed E-state index contributed by atoms with van der Waals surface area (Å²) < 4.78 is 0. The van der Waals surface area contributed by atoms with Crippen molar-refractivity contribution in [2.45, 2.75) is 76.9 Å². The second kappa shape index (κ2) is 12.0. The van der Waals surface area contributed by atoms with Crippen molar-refractivity contribution in [1.29, 1.82) is 0 Å². The molecule has 0 heterocycles. The van der Waals surface area contributed by atoms with Crippen molar-refractivity contribution in [3.05, 3.63) is 24.3 Å². The molecule has 1 fully saturated rings. The van der Waals surface area contributed by atoms with Crippen molar-refractivity contribution >= 4 is 11.8 Å². The quantitative estimate of drug-likeness (QED) is 0.370. The first kappa shape index (κ1) is 21.6. The Hall–Kier alpha value is -1.46. The van der Waals surface area contributed by atoms with Gasteiger partial charge in [0, 0.05) is 24.7 Å². The number of carboxylic acids is 1. The summed E-state index contributed by atoms with van der Waals surface area (Å²) in [7, 11) is 0. The van der Waals surface area contributed by atoms with Crippen molar-refractivity contribution in [1.82, 2.24) is 0 Å². The summed E-state index contributed by atoms with van der Waals surface area (Å²) in [5.74, 6) is -1.10. The molecule has 0 aromatic rings. The summed E-state index contributed by atoms with van der Waals surface area (Å²) in [6.07, 6.45) is 12.0. The van der Waals surface area contributed by atoms with Crippen LogP contribution in [0.4, 0.5) is 0 Å². The Balaban J connectivity index is 2.43. The Morgan fingerprint density at radius 3 is 2.64 bits per heavy atom. The fourth-order valence-electron chi connectivity index (χ4n) is 3.32. The van der Waals surface area contributed by atoms with Gasteiger partial charge in [-0.25, -0.2) is 0 Å². The number of carbonyl (C=O) groups excluding carboxylic acids is 1. The maximum atomic E-state index is 12.1. The summed E-state index contributed by atoms with van der Waals surface area (Å²) in [5.41, 5.74) is 0. The van der Waals surface area contributed by atoms with Gasteiger partial charge in [-0.15, -0.1) is 0 Å². The molecule has 142 valence electrons. The number of Topliss-reactive ketones (excluding diaryl/α,β-unsaturated/α-hetero) is 1. The smallest absolute Gasteiger partial charge is 0.303 e. The predicted molar refractivity (Wildman–Crippen MR) is 97.1 cm³/mol. The van der Waals surface area contributed by atoms with Crippen LogP contribution in [-0.4, -0.2) is 39.3 Å². The zero-order valence-corrected chi connectivity index (χ0v) is 15.1. The number of rotatable bonds is 12. The lowest BCUT2D eigenvalue weighted by atomic mass is 9.88. The van der Waals surface area contributed by atoms with Crippen LogP contribution in [-0.2, 0) is 9.59 Å². The molecule has 0 spiro atoms. The average molecular weight is 352 g/mol. The number of allylic oxidation sites excluding steroid dienone is 1. The summed E-state index contributed by atoms with van der Waals surface area (Å²) in [6.45, 7) is 2.03. The number of aliphatic hydroxyl groups excluding tert-OH is 2. The minimum absolute atomic E-state index is 0.0908. The molecule has 5 heteroatoms. The summed E-state index contributed by atoms with van der Waals surface area (Å²) in [5, 5.41) is 28.7. The third-order valence-electron chi connectivity index (χ3n) is 4.72. The van der Waals surface area contributed by atoms with E-state index in [0.29, 0.717) is 19.3 Å². The van der Waals surface area contributed by atoms with Gasteiger partial charge in [0.15, 0.2) is 0 Å². The van der Waals surface area contributed by atoms with E-state index in [1.165, 1.54) is 0 Å². The van der Waals surface area contributed by atoms with Crippen LogP contribution in [0.5, 0.6) is 0 Å². The molecule has 0 saturated heterocycles. The third-order valence-corrected chi connectivity index (χ3v) is 4.72. The molecular weight excluding hydrogens is 320 g/mol. The van der Waals surface area contributed by atoms with Crippen LogP contribution >= 0.6 is 0 Å². The Morgan fingerprint density at radius 1 is 1.24 bits per heavy atom. The summed E-state index contributed by atoms with van der Waals surface area (Å²) >= 11 is 0. The number of hydrogen-bond donors (Lipinski definition) is 3. The third kappa shape index (κ3) is 8.45. The largest absolute Gasteiger partial charge is 0.481 e. The lowest BCUT2D eigenvalue weighted by molar-refractivity contribution is -0.137. The molecule has 1 saturated carbocycles. The van der Waals surface area contributed by atoms with E-state index in [4.69, 9.17) is 5.11 Å². The molecule has 0 unspecified atom stereocenters. The molecule has 5 nitrogen and oxygen atoms in total. The molecule has 3 N–H and O–H groups in total. The van der Waals surface area contributed by atoms with Crippen molar-refractivity contribution in [3.8, 4) is 0 Å². The molecule has 0 amide bonds. The molecule has 4 atom stereocenters. The molecule has 0 aromatic carbocycles. The zero-order chi connectivity index (χ0) is 18.7. The minimum atomic E-state index is -0.772. The monoisotopic (exact) mass is 352 g/mol. The van der Waals surface area contributed by atoms with Gasteiger partial charge in [-0.2, -0.15) is 0 Å². The van der Waals surface area contributed by atoms with Crippen molar-refractivity contribution in [2.24, 2.45) is 11.8 Å². The number of unbranched alkanes of at least 4 members (excludes halogenated alkanes) is 3. The van der Waals surface area contributed by atoms with Gasteiger partial charge >= 0.3 is 5.97 Å². The maximum Gasteiger partial charge on any atom is 0.303 e. The average Bonchev–Trinajstić information content (AvgIpc) is 2.82. The Morgan fingerprint density at radius 2 is 1.96 bits per heavy atom. The highest BCUT2D eigenvalue weighted by Gasteiger charge is 2.39. The van der Waals surface area contributed by atoms with E-state index < -0.39 is 18.2 Å². The highest BCUT2D eigenvalue weighted by Crippen LogP contribution is 2.34. The van der Waals surface area contributed by atoms with Gasteiger partial charge in [0.25, 0.3) is 0 Å². The molecule has 0 aliphatic heterocycles. The van der Waals surface area contributed by atoms with Gasteiger partial charge in [0.1, 0.15) is 5.78 Å². The summed E-state index contributed by atoms with van der Waals surface area (Å²) in [4.78, 5) is 22.6. The lowest BCUT2D eigenvalue weighted by Crippen LogP contribution is -2.19. The molecule has 1 rings (SSSR count). The van der Waals surface area contributed by atoms with Gasteiger partial charge in [-0.1, -0.05) is 50.5 Å². The van der Waals surface area contributed by atoms with Crippen LogP contribution in [0.3, 0.4) is 0 Å².